The Kier molecular flexibility index (Phi) is 42.7. The largest absolute Gasteiger partial charge is 0.257 e. The molecule has 17 heteroatoms. The van der Waals surface area contributed by atoms with Gasteiger partial charge in [0.15, 0.2) is 11.6 Å². The molecule has 0 N–H and O–H groups in total. The molecule has 0 unspecified atom stereocenters. The van der Waals surface area contributed by atoms with E-state index in [0.29, 0.717) is 94.7 Å². The van der Waals surface area contributed by atoms with Crippen LogP contribution in [0.2, 0.25) is 0 Å². The summed E-state index contributed by atoms with van der Waals surface area (Å²) in [6.45, 7) is 101. The van der Waals surface area contributed by atoms with E-state index in [0.717, 1.165) is 86.3 Å². The maximum atomic E-state index is 4.83. The van der Waals surface area contributed by atoms with Crippen LogP contribution < -0.4 is 0 Å². The Labute approximate surface area is 678 Å². The zero-order chi connectivity index (χ0) is 86.2. The van der Waals surface area contributed by atoms with Crippen molar-refractivity contribution in [1.82, 2.24) is 85.4 Å². The summed E-state index contributed by atoms with van der Waals surface area (Å²) in [5, 5.41) is 24.8. The van der Waals surface area contributed by atoms with E-state index >= 15 is 0 Å². The first-order chi connectivity index (χ1) is 51.1. The number of pyridine rings is 2. The Morgan fingerprint density at radius 3 is 0.676 bits per heavy atom. The molecule has 0 amide bonds. The van der Waals surface area contributed by atoms with Crippen LogP contribution in [0, 0.1) is 104 Å². The van der Waals surface area contributed by atoms with Gasteiger partial charge >= 0.3 is 0 Å². The van der Waals surface area contributed by atoms with E-state index in [1.165, 1.54) is 89.8 Å². The average molecular weight is 1530 g/mol. The van der Waals surface area contributed by atoms with Crippen molar-refractivity contribution in [2.45, 2.75) is 420 Å². The molecule has 0 spiro atoms. The van der Waals surface area contributed by atoms with Crippen LogP contribution >= 0.6 is 0 Å². The Morgan fingerprint density at radius 1 is 0.135 bits per heavy atom. The summed E-state index contributed by atoms with van der Waals surface area (Å²) < 4.78 is 0. The highest BCUT2D eigenvalue weighted by Gasteiger charge is 2.21. The zero-order valence-corrected chi connectivity index (χ0v) is 79.3. The van der Waals surface area contributed by atoms with Gasteiger partial charge in [-0.1, -0.05) is 222 Å². The Morgan fingerprint density at radius 2 is 0.387 bits per heavy atom. The molecule has 0 bridgehead atoms. The first-order valence-corrected chi connectivity index (χ1v) is 41.7. The SMILES string of the molecule is Cc1c(C(C)C)nc(C(C)C)c(C)c1C.Cc1nc(C(C)C)c(C)c(C(C)C)c1C.Cc1nc(C(C)C)nc(C(C)C)c1C.Cc1nc(C(C)C)nc(C(C)C)c1C.Cc1nc(C(C)C)nc(C(C)C)n1.Cc1nnc(C(C)C)c(C)c1C(C)C.Cc1nnc(C(C)C)nc1C(C)C.Cc1nnc(C(C)C)nc1C(C)C. The van der Waals surface area contributed by atoms with Crippen LogP contribution in [-0.4, -0.2) is 85.4 Å². The minimum Gasteiger partial charge on any atom is -0.257 e. The fourth-order valence-corrected chi connectivity index (χ4v) is 13.0. The van der Waals surface area contributed by atoms with Gasteiger partial charge in [-0.15, -0.1) is 10.2 Å². The third kappa shape index (κ3) is 30.8. The fourth-order valence-electron chi connectivity index (χ4n) is 13.0. The second kappa shape index (κ2) is 46.7. The molecule has 8 aromatic heterocycles. The van der Waals surface area contributed by atoms with Crippen LogP contribution in [0.3, 0.4) is 0 Å². The van der Waals surface area contributed by atoms with Crippen molar-refractivity contribution in [1.29, 1.82) is 0 Å². The summed E-state index contributed by atoms with van der Waals surface area (Å²) in [5.74, 6) is 13.4. The predicted molar refractivity (Wildman–Crippen MR) is 471 cm³/mol. The lowest BCUT2D eigenvalue weighted by molar-refractivity contribution is 0.679. The van der Waals surface area contributed by atoms with Crippen LogP contribution in [-0.2, 0) is 0 Å². The molecule has 8 heterocycles. The van der Waals surface area contributed by atoms with Crippen molar-refractivity contribution in [3.63, 3.8) is 0 Å². The van der Waals surface area contributed by atoms with Crippen molar-refractivity contribution in [2.24, 2.45) is 0 Å². The number of hydrogen-bond acceptors (Lipinski definition) is 17. The molecular formula is C94H157N17. The molecule has 618 valence electrons. The highest BCUT2D eigenvalue weighted by molar-refractivity contribution is 5.43. The molecule has 0 aromatic carbocycles. The fraction of sp³-hybridized carbons (Fsp3) is 0.670. The summed E-state index contributed by atoms with van der Waals surface area (Å²) in [4.78, 5) is 49.8. The predicted octanol–water partition coefficient (Wildman–Crippen LogP) is 25.8. The highest BCUT2D eigenvalue weighted by atomic mass is 15.2. The van der Waals surface area contributed by atoms with Crippen LogP contribution in [0.4, 0.5) is 0 Å². The quantitative estimate of drug-likeness (QED) is 0.0878. The molecule has 0 aliphatic carbocycles. The van der Waals surface area contributed by atoms with E-state index in [1.54, 1.807) is 0 Å². The van der Waals surface area contributed by atoms with Gasteiger partial charge < -0.3 is 0 Å². The zero-order valence-electron chi connectivity index (χ0n) is 79.3. The Balaban J connectivity index is 0.000000635. The van der Waals surface area contributed by atoms with Gasteiger partial charge in [-0.05, 0) is 219 Å². The maximum Gasteiger partial charge on any atom is 0.153 e. The summed E-state index contributed by atoms with van der Waals surface area (Å²) in [5.41, 5.74) is 29.4. The van der Waals surface area contributed by atoms with Gasteiger partial charge in [0, 0.05) is 81.1 Å². The summed E-state index contributed by atoms with van der Waals surface area (Å²) in [6.07, 6.45) is 0. The molecule has 0 radical (unpaired) electrons. The van der Waals surface area contributed by atoms with E-state index in [4.69, 9.17) is 9.97 Å². The molecule has 8 aromatic rings. The standard InChI is InChI=1S/2C14H23N.3C12H20N2.3C10H17N3/c1-8(2)13-10(5)12(7)15-14(9(3)4)11(13)6;1-8(2)13-11(6)10(5)12(7)14(15-13)9(3)4;1-7(2)11-9(5)12(8(3)4)14-13-10(11)6;2*1-7(2)11-9(5)10(6)13-12(14-11)8(3)4;1-6(2)9-11-8(5)12-10(13-9)7(3)4;2*1-6(2)9-8(5)12-13-10(11-9)7(3)4/h2*8-9H,1-7H3;3*7-8H,1-6H3;3*6-7H,1-5H3. The Hall–Kier alpha value is -7.43. The normalized spacial score (nSPS) is 11.4. The van der Waals surface area contributed by atoms with E-state index in [9.17, 15) is 0 Å². The monoisotopic (exact) mass is 1520 g/mol. The minimum atomic E-state index is 0.352. The van der Waals surface area contributed by atoms with Gasteiger partial charge in [0.05, 0.1) is 34.2 Å². The lowest BCUT2D eigenvalue weighted by atomic mass is 9.89. The van der Waals surface area contributed by atoms with Crippen molar-refractivity contribution >= 4 is 0 Å². The maximum absolute atomic E-state index is 4.83. The molecule has 0 fully saturated rings. The van der Waals surface area contributed by atoms with Gasteiger partial charge in [-0.2, -0.15) is 20.4 Å². The van der Waals surface area contributed by atoms with Crippen molar-refractivity contribution in [3.05, 3.63) is 176 Å². The van der Waals surface area contributed by atoms with Crippen molar-refractivity contribution in [2.75, 3.05) is 0 Å². The summed E-state index contributed by atoms with van der Waals surface area (Å²) in [6, 6.07) is 0. The highest BCUT2D eigenvalue weighted by Crippen LogP contribution is 2.32. The smallest absolute Gasteiger partial charge is 0.153 e. The summed E-state index contributed by atoms with van der Waals surface area (Å²) in [7, 11) is 0. The molecular weight excluding hydrogens is 1370 g/mol. The molecule has 0 saturated heterocycles. The number of aryl methyl sites for hydroxylation is 7. The van der Waals surface area contributed by atoms with E-state index in [1.807, 2.05) is 27.7 Å². The first-order valence-electron chi connectivity index (χ1n) is 41.7. The van der Waals surface area contributed by atoms with E-state index in [-0.39, 0.29) is 0 Å². The number of hydrogen-bond donors (Lipinski definition) is 0. The van der Waals surface area contributed by atoms with E-state index < -0.39 is 0 Å². The van der Waals surface area contributed by atoms with Crippen LogP contribution in [0.25, 0.3) is 0 Å². The van der Waals surface area contributed by atoms with Crippen molar-refractivity contribution < 1.29 is 0 Å². The number of rotatable bonds is 16. The second-order valence-electron chi connectivity index (χ2n) is 35.4. The van der Waals surface area contributed by atoms with E-state index in [2.05, 4.69) is 373 Å². The van der Waals surface area contributed by atoms with Crippen LogP contribution in [0.1, 0.15) is 492 Å². The van der Waals surface area contributed by atoms with Crippen LogP contribution in [0.5, 0.6) is 0 Å². The number of nitrogens with zero attached hydrogens (tertiary/aromatic N) is 17. The van der Waals surface area contributed by atoms with Gasteiger partial charge in [0.1, 0.15) is 29.1 Å². The van der Waals surface area contributed by atoms with Crippen LogP contribution in [0.15, 0.2) is 0 Å². The molecule has 111 heavy (non-hydrogen) atoms. The minimum absolute atomic E-state index is 0.352. The lowest BCUT2D eigenvalue weighted by Gasteiger charge is -2.20. The molecule has 0 saturated carbocycles. The molecule has 0 atom stereocenters. The van der Waals surface area contributed by atoms with Gasteiger partial charge in [0.2, 0.25) is 0 Å². The molecule has 0 aliphatic rings. The molecule has 0 aliphatic heterocycles. The Bertz CT molecular complexity index is 3990. The third-order valence-corrected chi connectivity index (χ3v) is 19.8. The van der Waals surface area contributed by atoms with Crippen molar-refractivity contribution in [3.8, 4) is 0 Å². The topological polar surface area (TPSA) is 219 Å². The summed E-state index contributed by atoms with van der Waals surface area (Å²) >= 11 is 0. The number of aromatic nitrogens is 17. The van der Waals surface area contributed by atoms with Gasteiger partial charge in [-0.3, -0.25) is 9.97 Å². The van der Waals surface area contributed by atoms with Gasteiger partial charge in [0.25, 0.3) is 0 Å². The third-order valence-electron chi connectivity index (χ3n) is 19.8. The average Bonchev–Trinajstić information content (AvgIpc) is 0.802. The lowest BCUT2D eigenvalue weighted by Crippen LogP contribution is -2.07. The first kappa shape index (κ1) is 102. The van der Waals surface area contributed by atoms with Gasteiger partial charge in [-0.25, -0.2) is 44.9 Å². The molecule has 8 rings (SSSR count). The second-order valence-corrected chi connectivity index (χ2v) is 35.4. The molecule has 17 nitrogen and oxygen atoms in total.